The normalized spacial score (nSPS) is 24.3. The van der Waals surface area contributed by atoms with Crippen LogP contribution >= 0.6 is 22.9 Å². The second-order valence-electron chi connectivity index (χ2n) is 6.53. The largest absolute Gasteiger partial charge is 0.466 e. The van der Waals surface area contributed by atoms with Crippen LogP contribution in [0.3, 0.4) is 0 Å². The van der Waals surface area contributed by atoms with E-state index in [1.165, 1.54) is 29.0 Å². The maximum absolute atomic E-state index is 6.48. The minimum atomic E-state index is -0.259. The lowest BCUT2D eigenvalue weighted by Gasteiger charge is -2.45. The molecule has 0 saturated heterocycles. The fraction of sp³-hybridized carbons (Fsp3) is 0.389. The van der Waals surface area contributed by atoms with Gasteiger partial charge in [-0.1, -0.05) is 17.7 Å². The van der Waals surface area contributed by atoms with E-state index in [-0.39, 0.29) is 11.8 Å². The quantitative estimate of drug-likeness (QED) is 0.709. The molecule has 1 atom stereocenters. The summed E-state index contributed by atoms with van der Waals surface area (Å²) in [6.07, 6.45) is 5.44. The van der Waals surface area contributed by atoms with Crippen LogP contribution < -0.4 is 4.74 Å². The Morgan fingerprint density at radius 3 is 2.91 bits per heavy atom. The average molecular weight is 345 g/mol. The highest BCUT2D eigenvalue weighted by Crippen LogP contribution is 2.52. The minimum absolute atomic E-state index is 0.243. The highest BCUT2D eigenvalue weighted by atomic mass is 35.5. The number of hydrogen-bond acceptors (Lipinski definition) is 4. The molecular formula is C18H17ClN2OS. The van der Waals surface area contributed by atoms with Crippen molar-refractivity contribution in [3.05, 3.63) is 51.2 Å². The maximum Gasteiger partial charge on any atom is 0.198 e. The van der Waals surface area contributed by atoms with Crippen LogP contribution in [0.15, 0.2) is 40.8 Å². The van der Waals surface area contributed by atoms with E-state index in [0.29, 0.717) is 0 Å². The van der Waals surface area contributed by atoms with Crippen molar-refractivity contribution in [3.8, 4) is 5.75 Å². The number of nitrogens with zero attached hydrogens (tertiary/aromatic N) is 2. The lowest BCUT2D eigenvalue weighted by molar-refractivity contribution is -0.114. The number of halogens is 1. The zero-order valence-electron chi connectivity index (χ0n) is 12.7. The van der Waals surface area contributed by atoms with E-state index >= 15 is 0 Å². The summed E-state index contributed by atoms with van der Waals surface area (Å²) in [7, 11) is 0. The standard InChI is InChI=1S/C18H17ClN2OS/c19-12-5-6-16-13(10-12)15-11-14(17-4-3-9-23-17)20-21(15)18(22-16)7-1-2-8-18/h3-6,9-10,15H,1-2,7-8,11H2/t15-/m1/s1. The van der Waals surface area contributed by atoms with Crippen LogP contribution in [0.1, 0.15) is 48.6 Å². The SMILES string of the molecule is Clc1ccc2c(c1)[C@H]1CC(c3cccs3)=NN1C1(CCCC1)O2. The van der Waals surface area contributed by atoms with Crippen molar-refractivity contribution in [2.75, 3.05) is 0 Å². The molecule has 3 aliphatic rings. The summed E-state index contributed by atoms with van der Waals surface area (Å²) in [6.45, 7) is 0. The molecule has 1 spiro atoms. The van der Waals surface area contributed by atoms with Gasteiger partial charge in [-0.25, -0.2) is 5.01 Å². The van der Waals surface area contributed by atoms with E-state index in [9.17, 15) is 0 Å². The average Bonchev–Trinajstić information content (AvgIpc) is 3.28. The molecule has 2 aliphatic heterocycles. The van der Waals surface area contributed by atoms with Gasteiger partial charge in [0.1, 0.15) is 5.75 Å². The number of hydrazone groups is 1. The van der Waals surface area contributed by atoms with Gasteiger partial charge in [0.05, 0.1) is 16.6 Å². The second kappa shape index (κ2) is 4.99. The van der Waals surface area contributed by atoms with Gasteiger partial charge in [-0.15, -0.1) is 11.3 Å². The molecule has 1 aromatic carbocycles. The molecule has 5 rings (SSSR count). The van der Waals surface area contributed by atoms with Crippen molar-refractivity contribution in [1.29, 1.82) is 0 Å². The first-order valence-electron chi connectivity index (χ1n) is 8.14. The summed E-state index contributed by atoms with van der Waals surface area (Å²) in [4.78, 5) is 1.26. The van der Waals surface area contributed by atoms with Crippen LogP contribution in [0.5, 0.6) is 5.75 Å². The van der Waals surface area contributed by atoms with Gasteiger partial charge in [0.15, 0.2) is 5.72 Å². The van der Waals surface area contributed by atoms with Gasteiger partial charge in [-0.3, -0.25) is 0 Å². The van der Waals surface area contributed by atoms with Crippen molar-refractivity contribution in [2.45, 2.75) is 43.9 Å². The molecule has 0 unspecified atom stereocenters. The number of thiophene rings is 1. The Balaban J connectivity index is 1.63. The molecule has 1 saturated carbocycles. The Morgan fingerprint density at radius 1 is 1.26 bits per heavy atom. The van der Waals surface area contributed by atoms with E-state index in [0.717, 1.165) is 30.0 Å². The molecule has 23 heavy (non-hydrogen) atoms. The van der Waals surface area contributed by atoms with Gasteiger partial charge >= 0.3 is 0 Å². The fourth-order valence-electron chi connectivity index (χ4n) is 4.10. The van der Waals surface area contributed by atoms with Gasteiger partial charge in [0.25, 0.3) is 0 Å². The monoisotopic (exact) mass is 344 g/mol. The molecule has 1 aromatic heterocycles. The number of hydrogen-bond donors (Lipinski definition) is 0. The molecular weight excluding hydrogens is 328 g/mol. The van der Waals surface area contributed by atoms with Crippen LogP contribution in [0, 0.1) is 0 Å². The van der Waals surface area contributed by atoms with E-state index < -0.39 is 0 Å². The zero-order chi connectivity index (χ0) is 15.4. The highest BCUT2D eigenvalue weighted by molar-refractivity contribution is 7.12. The molecule has 0 bridgehead atoms. The third-order valence-electron chi connectivity index (χ3n) is 5.15. The lowest BCUT2D eigenvalue weighted by atomic mass is 9.95. The molecule has 3 nitrogen and oxygen atoms in total. The Bertz CT molecular complexity index is 780. The summed E-state index contributed by atoms with van der Waals surface area (Å²) >= 11 is 8.00. The molecule has 3 heterocycles. The van der Waals surface area contributed by atoms with E-state index in [1.807, 2.05) is 18.2 Å². The third-order valence-corrected chi connectivity index (χ3v) is 6.30. The number of rotatable bonds is 1. The molecule has 2 aromatic rings. The predicted molar refractivity (Wildman–Crippen MR) is 93.3 cm³/mol. The first-order valence-corrected chi connectivity index (χ1v) is 9.40. The van der Waals surface area contributed by atoms with E-state index in [1.54, 1.807) is 11.3 Å². The summed E-state index contributed by atoms with van der Waals surface area (Å²) < 4.78 is 6.48. The number of benzene rings is 1. The predicted octanol–water partition coefficient (Wildman–Crippen LogP) is 5.22. The summed E-state index contributed by atoms with van der Waals surface area (Å²) in [5.74, 6) is 0.986. The Labute approximate surface area is 144 Å². The molecule has 5 heteroatoms. The van der Waals surface area contributed by atoms with Gasteiger partial charge in [0.2, 0.25) is 0 Å². The zero-order valence-corrected chi connectivity index (χ0v) is 14.2. The third kappa shape index (κ3) is 2.05. The van der Waals surface area contributed by atoms with Gasteiger partial charge in [-0.2, -0.15) is 5.10 Å². The fourth-order valence-corrected chi connectivity index (χ4v) is 5.00. The van der Waals surface area contributed by atoms with E-state index in [2.05, 4.69) is 22.5 Å². The molecule has 1 aliphatic carbocycles. The van der Waals surface area contributed by atoms with Gasteiger partial charge in [-0.05, 0) is 42.5 Å². The van der Waals surface area contributed by atoms with Crippen LogP contribution in [0.4, 0.5) is 0 Å². The Morgan fingerprint density at radius 2 is 2.13 bits per heavy atom. The number of ether oxygens (including phenoxy) is 1. The van der Waals surface area contributed by atoms with E-state index in [4.69, 9.17) is 21.4 Å². The number of fused-ring (bicyclic) bond motifs is 4. The smallest absolute Gasteiger partial charge is 0.198 e. The van der Waals surface area contributed by atoms with Crippen molar-refractivity contribution >= 4 is 28.6 Å². The topological polar surface area (TPSA) is 24.8 Å². The van der Waals surface area contributed by atoms with Crippen molar-refractivity contribution in [2.24, 2.45) is 5.10 Å². The molecule has 0 amide bonds. The van der Waals surface area contributed by atoms with Crippen LogP contribution in [-0.4, -0.2) is 16.4 Å². The minimum Gasteiger partial charge on any atom is -0.466 e. The summed E-state index contributed by atoms with van der Waals surface area (Å²) in [6, 6.07) is 10.5. The van der Waals surface area contributed by atoms with Crippen LogP contribution in [0.25, 0.3) is 0 Å². The maximum atomic E-state index is 6.48. The van der Waals surface area contributed by atoms with Crippen molar-refractivity contribution < 1.29 is 4.74 Å². The summed E-state index contributed by atoms with van der Waals surface area (Å²) in [5, 5.41) is 10.1. The van der Waals surface area contributed by atoms with Crippen LogP contribution in [-0.2, 0) is 0 Å². The first-order chi connectivity index (χ1) is 11.3. The highest BCUT2D eigenvalue weighted by Gasteiger charge is 2.51. The van der Waals surface area contributed by atoms with Crippen molar-refractivity contribution in [1.82, 2.24) is 5.01 Å². The molecule has 0 radical (unpaired) electrons. The Kier molecular flexibility index (Phi) is 3.01. The lowest BCUT2D eigenvalue weighted by Crippen LogP contribution is -2.51. The molecule has 1 fully saturated rings. The molecule has 118 valence electrons. The second-order valence-corrected chi connectivity index (χ2v) is 7.91. The molecule has 0 N–H and O–H groups in total. The van der Waals surface area contributed by atoms with Crippen molar-refractivity contribution in [3.63, 3.8) is 0 Å². The van der Waals surface area contributed by atoms with Crippen LogP contribution in [0.2, 0.25) is 5.02 Å². The van der Waals surface area contributed by atoms with Gasteiger partial charge in [0, 0.05) is 29.8 Å². The Hall–Kier alpha value is -1.52. The summed E-state index contributed by atoms with van der Waals surface area (Å²) in [5.41, 5.74) is 2.09. The van der Waals surface area contributed by atoms with Gasteiger partial charge < -0.3 is 4.74 Å². The first kappa shape index (κ1) is 13.9.